The van der Waals surface area contributed by atoms with Crippen LogP contribution in [0.1, 0.15) is 25.0 Å². The van der Waals surface area contributed by atoms with E-state index in [1.54, 1.807) is 6.07 Å². The number of pyridine rings is 1. The van der Waals surface area contributed by atoms with E-state index in [1.165, 1.54) is 11.6 Å². The van der Waals surface area contributed by atoms with E-state index in [2.05, 4.69) is 10.3 Å². The molecule has 1 atom stereocenters. The molecular formula is C11H12ClFN4O. The molecule has 5 nitrogen and oxygen atoms in total. The van der Waals surface area contributed by atoms with E-state index in [-0.39, 0.29) is 22.8 Å². The zero-order chi connectivity index (χ0) is 13.0. The summed E-state index contributed by atoms with van der Waals surface area (Å²) in [4.78, 5) is 3.74. The fourth-order valence-corrected chi connectivity index (χ4v) is 2.03. The van der Waals surface area contributed by atoms with Gasteiger partial charge in [0.05, 0.1) is 5.69 Å². The van der Waals surface area contributed by atoms with Crippen molar-refractivity contribution < 1.29 is 9.22 Å². The van der Waals surface area contributed by atoms with Gasteiger partial charge < -0.3 is 10.1 Å². The molecule has 1 saturated heterocycles. The molecule has 2 rings (SSSR count). The molecule has 1 unspecified atom stereocenters. The number of anilines is 2. The Labute approximate surface area is 109 Å². The highest BCUT2D eigenvalue weighted by Gasteiger charge is 2.18. The molecule has 1 fully saturated rings. The van der Waals surface area contributed by atoms with Gasteiger partial charge in [-0.05, 0) is 19.3 Å². The number of aromatic nitrogens is 1. The number of nitrogens with zero attached hydrogens (tertiary/aromatic N) is 2. The smallest absolute Gasteiger partial charge is 0.169 e. The summed E-state index contributed by atoms with van der Waals surface area (Å²) in [6.45, 7) is 0.667. The number of hydrogen-bond donors (Lipinski definition) is 2. The first-order valence-corrected chi connectivity index (χ1v) is 5.98. The molecule has 18 heavy (non-hydrogen) atoms. The highest BCUT2D eigenvalue weighted by atomic mass is 35.5. The lowest BCUT2D eigenvalue weighted by Crippen LogP contribution is -2.27. The molecule has 0 aliphatic carbocycles. The summed E-state index contributed by atoms with van der Waals surface area (Å²) >= 11 is 5.78. The molecule has 0 bridgehead atoms. The van der Waals surface area contributed by atoms with Crippen LogP contribution in [0.5, 0.6) is 0 Å². The molecule has 1 aliphatic heterocycles. The van der Waals surface area contributed by atoms with Gasteiger partial charge in [0, 0.05) is 12.7 Å². The molecular weight excluding hydrogens is 259 g/mol. The van der Waals surface area contributed by atoms with Gasteiger partial charge in [0.2, 0.25) is 0 Å². The maximum absolute atomic E-state index is 12.8. The Morgan fingerprint density at radius 2 is 2.39 bits per heavy atom. The quantitative estimate of drug-likeness (QED) is 0.653. The fraction of sp³-hybridized carbons (Fsp3) is 0.455. The number of halogens is 2. The van der Waals surface area contributed by atoms with Crippen molar-refractivity contribution in [2.75, 3.05) is 17.5 Å². The first-order valence-electron chi connectivity index (χ1n) is 5.60. The second-order valence-electron chi connectivity index (χ2n) is 3.92. The molecule has 2 heterocycles. The third kappa shape index (κ3) is 2.81. The van der Waals surface area contributed by atoms with Crippen LogP contribution < -0.4 is 10.9 Å². The van der Waals surface area contributed by atoms with Gasteiger partial charge in [-0.15, -0.1) is 4.48 Å². The molecule has 1 aromatic heterocycles. The third-order valence-electron chi connectivity index (χ3n) is 2.68. The largest absolute Gasteiger partial charge is 0.359 e. The minimum absolute atomic E-state index is 0.0175. The van der Waals surface area contributed by atoms with Crippen LogP contribution in [0, 0.1) is 11.3 Å². The zero-order valence-corrected chi connectivity index (χ0v) is 10.3. The topological polar surface area (TPSA) is 70.0 Å². The SMILES string of the molecule is N#Cc1nc(Cl)cc(NC2CCCCO2)c1NF. The third-order valence-corrected chi connectivity index (χ3v) is 2.88. The van der Waals surface area contributed by atoms with E-state index in [0.717, 1.165) is 19.3 Å². The molecule has 1 aromatic rings. The fourth-order valence-electron chi connectivity index (χ4n) is 1.83. The summed E-state index contributed by atoms with van der Waals surface area (Å²) in [7, 11) is 0. The van der Waals surface area contributed by atoms with Gasteiger partial charge in [-0.1, -0.05) is 11.6 Å². The standard InChI is InChI=1S/C11H12ClFN4O/c12-9-5-7(11(17-13)8(6-14)15-9)16-10-3-1-2-4-18-10/h5,10,17H,1-4H2,(H,15,16). The lowest BCUT2D eigenvalue weighted by atomic mass is 10.1. The Bertz CT molecular complexity index is 471. The number of hydrogen-bond acceptors (Lipinski definition) is 5. The van der Waals surface area contributed by atoms with Gasteiger partial charge in [0.15, 0.2) is 5.69 Å². The Hall–Kier alpha value is -1.58. The van der Waals surface area contributed by atoms with Crippen LogP contribution in [0.2, 0.25) is 5.15 Å². The number of rotatable bonds is 3. The van der Waals surface area contributed by atoms with Crippen molar-refractivity contribution in [2.24, 2.45) is 0 Å². The molecule has 0 amide bonds. The van der Waals surface area contributed by atoms with Gasteiger partial charge in [0.25, 0.3) is 0 Å². The predicted octanol–water partition coefficient (Wildman–Crippen LogP) is 2.84. The summed E-state index contributed by atoms with van der Waals surface area (Å²) in [5, 5.41) is 12.0. The van der Waals surface area contributed by atoms with Crippen molar-refractivity contribution in [3.05, 3.63) is 16.9 Å². The maximum Gasteiger partial charge on any atom is 0.169 e. The monoisotopic (exact) mass is 270 g/mol. The number of nitriles is 1. The molecule has 0 saturated carbocycles. The molecule has 7 heteroatoms. The van der Waals surface area contributed by atoms with Crippen molar-refractivity contribution in [3.8, 4) is 6.07 Å². The summed E-state index contributed by atoms with van der Waals surface area (Å²) in [6, 6.07) is 3.25. The van der Waals surface area contributed by atoms with Crippen LogP contribution in [0.4, 0.5) is 15.9 Å². The lowest BCUT2D eigenvalue weighted by Gasteiger charge is -2.25. The van der Waals surface area contributed by atoms with Crippen LogP contribution in [0.3, 0.4) is 0 Å². The van der Waals surface area contributed by atoms with E-state index in [9.17, 15) is 4.48 Å². The van der Waals surface area contributed by atoms with Crippen LogP contribution in [0.25, 0.3) is 0 Å². The lowest BCUT2D eigenvalue weighted by molar-refractivity contribution is 0.0344. The predicted molar refractivity (Wildman–Crippen MR) is 65.9 cm³/mol. The molecule has 0 aromatic carbocycles. The minimum atomic E-state index is -0.198. The summed E-state index contributed by atoms with van der Waals surface area (Å²) in [6.07, 6.45) is 2.69. The van der Waals surface area contributed by atoms with Crippen LogP contribution >= 0.6 is 11.6 Å². The highest BCUT2D eigenvalue weighted by molar-refractivity contribution is 6.29. The molecule has 96 valence electrons. The van der Waals surface area contributed by atoms with Crippen molar-refractivity contribution in [1.29, 1.82) is 5.26 Å². The van der Waals surface area contributed by atoms with E-state index in [1.807, 2.05) is 0 Å². The van der Waals surface area contributed by atoms with Gasteiger partial charge in [-0.3, -0.25) is 0 Å². The van der Waals surface area contributed by atoms with Crippen molar-refractivity contribution in [2.45, 2.75) is 25.5 Å². The summed E-state index contributed by atoms with van der Waals surface area (Å²) in [5.74, 6) is 0. The van der Waals surface area contributed by atoms with Crippen LogP contribution in [-0.2, 0) is 4.74 Å². The zero-order valence-electron chi connectivity index (χ0n) is 9.54. The van der Waals surface area contributed by atoms with Crippen LogP contribution in [0.15, 0.2) is 6.07 Å². The average molecular weight is 271 g/mol. The average Bonchev–Trinajstić information content (AvgIpc) is 2.39. The Morgan fingerprint density at radius 1 is 1.56 bits per heavy atom. The van der Waals surface area contributed by atoms with Crippen molar-refractivity contribution in [1.82, 2.24) is 4.98 Å². The molecule has 2 N–H and O–H groups in total. The normalized spacial score (nSPS) is 19.1. The molecule has 0 radical (unpaired) electrons. The van der Waals surface area contributed by atoms with Gasteiger partial charge in [0.1, 0.15) is 23.1 Å². The van der Waals surface area contributed by atoms with E-state index < -0.39 is 0 Å². The minimum Gasteiger partial charge on any atom is -0.359 e. The number of ether oxygens (including phenoxy) is 1. The van der Waals surface area contributed by atoms with Crippen molar-refractivity contribution >= 4 is 23.0 Å². The van der Waals surface area contributed by atoms with Gasteiger partial charge >= 0.3 is 0 Å². The van der Waals surface area contributed by atoms with E-state index in [4.69, 9.17) is 21.6 Å². The number of nitrogens with one attached hydrogen (secondary N) is 2. The second kappa shape index (κ2) is 5.85. The van der Waals surface area contributed by atoms with Crippen molar-refractivity contribution in [3.63, 3.8) is 0 Å². The van der Waals surface area contributed by atoms with Gasteiger partial charge in [-0.25, -0.2) is 10.5 Å². The molecule has 1 aliphatic rings. The summed E-state index contributed by atoms with van der Waals surface area (Å²) < 4.78 is 18.2. The Kier molecular flexibility index (Phi) is 4.18. The highest BCUT2D eigenvalue weighted by Crippen LogP contribution is 2.29. The Morgan fingerprint density at radius 3 is 3.00 bits per heavy atom. The van der Waals surface area contributed by atoms with Gasteiger partial charge in [-0.2, -0.15) is 5.26 Å². The first kappa shape index (κ1) is 12.9. The maximum atomic E-state index is 12.8. The van der Waals surface area contributed by atoms with E-state index >= 15 is 0 Å². The first-order chi connectivity index (χ1) is 8.74. The van der Waals surface area contributed by atoms with Crippen LogP contribution in [-0.4, -0.2) is 17.8 Å². The Balaban J connectivity index is 2.25. The second-order valence-corrected chi connectivity index (χ2v) is 4.31. The summed E-state index contributed by atoms with van der Waals surface area (Å²) in [5.41, 5.74) is 1.73. The van der Waals surface area contributed by atoms with E-state index in [0.29, 0.717) is 12.3 Å². The molecule has 0 spiro atoms.